The second kappa shape index (κ2) is 9.54. The Labute approximate surface area is 197 Å². The van der Waals surface area contributed by atoms with Crippen LogP contribution < -0.4 is 10.5 Å². The summed E-state index contributed by atoms with van der Waals surface area (Å²) in [6.07, 6.45) is 2.09. The van der Waals surface area contributed by atoms with Crippen molar-refractivity contribution < 1.29 is 4.39 Å². The quantitative estimate of drug-likeness (QED) is 0.515. The lowest BCUT2D eigenvalue weighted by Crippen LogP contribution is -2.58. The van der Waals surface area contributed by atoms with Gasteiger partial charge >= 0.3 is 0 Å². The molecular formula is C25H28FN5OS. The first kappa shape index (κ1) is 23.3. The van der Waals surface area contributed by atoms with Gasteiger partial charge in [-0.15, -0.1) is 4.98 Å². The summed E-state index contributed by atoms with van der Waals surface area (Å²) in [5.41, 5.74) is 3.20. The van der Waals surface area contributed by atoms with Gasteiger partial charge in [0.25, 0.3) is 11.4 Å². The number of benzene rings is 1. The zero-order chi connectivity index (χ0) is 23.7. The van der Waals surface area contributed by atoms with Crippen LogP contribution in [-0.4, -0.2) is 51.6 Å². The topological polar surface area (TPSA) is 45.7 Å². The zero-order valence-electron chi connectivity index (χ0n) is 19.3. The van der Waals surface area contributed by atoms with E-state index < -0.39 is 0 Å². The summed E-state index contributed by atoms with van der Waals surface area (Å²) in [7, 11) is 1.73. The van der Waals surface area contributed by atoms with Gasteiger partial charge in [-0.05, 0) is 49.9 Å². The van der Waals surface area contributed by atoms with Crippen LogP contribution in [-0.2, 0) is 7.05 Å². The average molecular weight is 466 g/mol. The largest absolute Gasteiger partial charge is 0.362 e. The fraction of sp³-hybridized carbons (Fsp3) is 0.400. The first-order valence-corrected chi connectivity index (χ1v) is 12.4. The highest BCUT2D eigenvalue weighted by molar-refractivity contribution is 7.98. The van der Waals surface area contributed by atoms with Crippen LogP contribution in [0.5, 0.6) is 0 Å². The number of hydrogen-bond acceptors (Lipinski definition) is 5. The monoisotopic (exact) mass is 465 g/mol. The molecule has 172 valence electrons. The molecule has 0 bridgehead atoms. The van der Waals surface area contributed by atoms with Crippen LogP contribution in [0.1, 0.15) is 25.5 Å². The predicted octanol–water partition coefficient (Wildman–Crippen LogP) is 4.63. The molecule has 2 aromatic heterocycles. The highest BCUT2D eigenvalue weighted by Gasteiger charge is 2.35. The molecule has 1 unspecified atom stereocenters. The highest BCUT2D eigenvalue weighted by Crippen LogP contribution is 2.34. The number of pyridine rings is 2. The Hall–Kier alpha value is -2.89. The fourth-order valence-electron chi connectivity index (χ4n) is 4.73. The van der Waals surface area contributed by atoms with E-state index in [4.69, 9.17) is 6.57 Å². The smallest absolute Gasteiger partial charge is 0.270 e. The first-order chi connectivity index (χ1) is 15.8. The van der Waals surface area contributed by atoms with Crippen LogP contribution in [0.4, 0.5) is 15.9 Å². The van der Waals surface area contributed by atoms with Crippen LogP contribution in [0, 0.1) is 12.4 Å². The molecule has 3 heterocycles. The molecule has 1 aromatic carbocycles. The van der Waals surface area contributed by atoms with Crippen molar-refractivity contribution in [3.05, 3.63) is 75.6 Å². The maximum Gasteiger partial charge on any atom is 0.270 e. The Morgan fingerprint density at radius 3 is 2.58 bits per heavy atom. The fourth-order valence-corrected chi connectivity index (χ4v) is 5.43. The van der Waals surface area contributed by atoms with Gasteiger partial charge in [0.05, 0.1) is 11.2 Å². The van der Waals surface area contributed by atoms with Crippen molar-refractivity contribution >= 4 is 34.3 Å². The molecule has 33 heavy (non-hydrogen) atoms. The summed E-state index contributed by atoms with van der Waals surface area (Å²) in [6.45, 7) is 13.2. The molecule has 0 N–H and O–H groups in total. The second-order valence-corrected chi connectivity index (χ2v) is 9.56. The summed E-state index contributed by atoms with van der Waals surface area (Å²) in [6, 6.07) is 12.4. The number of aryl methyl sites for hydroxylation is 1. The molecule has 0 saturated carbocycles. The minimum Gasteiger partial charge on any atom is -0.362 e. The third-order valence-electron chi connectivity index (χ3n) is 6.49. The first-order valence-electron chi connectivity index (χ1n) is 11.0. The van der Waals surface area contributed by atoms with E-state index in [2.05, 4.69) is 39.7 Å². The molecule has 0 aliphatic carbocycles. The minimum atomic E-state index is -0.225. The van der Waals surface area contributed by atoms with Gasteiger partial charge in [0, 0.05) is 50.1 Å². The molecule has 0 radical (unpaired) electrons. The number of thioether (sulfide) groups is 1. The summed E-state index contributed by atoms with van der Waals surface area (Å²) in [5, 5.41) is 0. The number of hydrogen-bond donors (Lipinski definition) is 0. The molecule has 4 rings (SSSR count). The van der Waals surface area contributed by atoms with Crippen LogP contribution in [0.2, 0.25) is 0 Å². The number of fused-ring (bicyclic) bond motifs is 1. The summed E-state index contributed by atoms with van der Waals surface area (Å²) in [5.74, 6) is 1.00. The van der Waals surface area contributed by atoms with Crippen LogP contribution in [0.15, 0.2) is 47.3 Å². The van der Waals surface area contributed by atoms with E-state index in [0.717, 1.165) is 35.6 Å². The van der Waals surface area contributed by atoms with Gasteiger partial charge in [0.15, 0.2) is 0 Å². The van der Waals surface area contributed by atoms with Gasteiger partial charge in [0.2, 0.25) is 5.52 Å². The van der Waals surface area contributed by atoms with E-state index in [1.54, 1.807) is 41.6 Å². The Morgan fingerprint density at radius 2 is 1.91 bits per heavy atom. The zero-order valence-corrected chi connectivity index (χ0v) is 20.1. The van der Waals surface area contributed by atoms with Gasteiger partial charge in [0.1, 0.15) is 5.82 Å². The number of halogens is 1. The van der Waals surface area contributed by atoms with E-state index in [-0.39, 0.29) is 29.5 Å². The summed E-state index contributed by atoms with van der Waals surface area (Å²) >= 11 is 1.78. The lowest BCUT2D eigenvalue weighted by Gasteiger charge is -2.48. The van der Waals surface area contributed by atoms with Gasteiger partial charge in [-0.2, -0.15) is 11.8 Å². The summed E-state index contributed by atoms with van der Waals surface area (Å²) < 4.78 is 15.1. The number of nitrogens with zero attached hydrogens (tertiary/aromatic N) is 5. The van der Waals surface area contributed by atoms with Crippen molar-refractivity contribution in [1.29, 1.82) is 0 Å². The third kappa shape index (κ3) is 4.48. The van der Waals surface area contributed by atoms with Gasteiger partial charge in [-0.25, -0.2) is 4.39 Å². The lowest BCUT2D eigenvalue weighted by molar-refractivity contribution is 0.122. The van der Waals surface area contributed by atoms with Crippen molar-refractivity contribution in [2.75, 3.05) is 30.0 Å². The van der Waals surface area contributed by atoms with Crippen LogP contribution in [0.25, 0.3) is 15.9 Å². The SMILES string of the molecule is [C-]#[N+]c1ccc2c(n1)c(N1C[C@@H](C)N(C(CSC)c3ccc(F)cc3)C[C@@H]1C)cc(=O)n2C. The van der Waals surface area contributed by atoms with E-state index in [9.17, 15) is 9.18 Å². The van der Waals surface area contributed by atoms with Gasteiger partial charge < -0.3 is 14.3 Å². The molecule has 8 heteroatoms. The van der Waals surface area contributed by atoms with Crippen molar-refractivity contribution in [3.8, 4) is 0 Å². The molecule has 3 atom stereocenters. The minimum absolute atomic E-state index is 0.0938. The Kier molecular flexibility index (Phi) is 6.73. The van der Waals surface area contributed by atoms with Crippen LogP contribution in [0.3, 0.4) is 0 Å². The normalized spacial score (nSPS) is 20.1. The van der Waals surface area contributed by atoms with E-state index in [1.807, 2.05) is 12.1 Å². The number of rotatable bonds is 5. The molecule has 6 nitrogen and oxygen atoms in total. The Balaban J connectivity index is 1.70. The number of aromatic nitrogens is 2. The molecule has 1 fully saturated rings. The van der Waals surface area contributed by atoms with Crippen molar-refractivity contribution in [1.82, 2.24) is 14.5 Å². The molecule has 1 aliphatic heterocycles. The highest BCUT2D eigenvalue weighted by atomic mass is 32.2. The average Bonchev–Trinajstić information content (AvgIpc) is 2.81. The van der Waals surface area contributed by atoms with Crippen molar-refractivity contribution in [2.24, 2.45) is 7.05 Å². The Morgan fingerprint density at radius 1 is 1.18 bits per heavy atom. The standard InChI is InChI=1S/C25H28FN5OS/c1-16-14-31(22(15-33-5)18-6-8-19(26)9-7-18)17(2)13-30(16)21-12-24(32)29(4)20-10-11-23(27-3)28-25(20)21/h6-12,16-17,22H,13-15H2,1-2,4-5H3/t16-,17+,22?/m0/s1. The second-order valence-electron chi connectivity index (χ2n) is 8.65. The molecule has 3 aromatic rings. The lowest BCUT2D eigenvalue weighted by atomic mass is 10.00. The van der Waals surface area contributed by atoms with Crippen molar-refractivity contribution in [3.63, 3.8) is 0 Å². The van der Waals surface area contributed by atoms with Gasteiger partial charge in [-0.3, -0.25) is 9.69 Å². The van der Waals surface area contributed by atoms with E-state index >= 15 is 0 Å². The third-order valence-corrected chi connectivity index (χ3v) is 7.14. The van der Waals surface area contributed by atoms with Crippen LogP contribution >= 0.6 is 11.8 Å². The predicted molar refractivity (Wildman–Crippen MR) is 134 cm³/mol. The molecule has 1 saturated heterocycles. The number of anilines is 1. The molecular weight excluding hydrogens is 437 g/mol. The Bertz CT molecular complexity index is 1250. The van der Waals surface area contributed by atoms with Gasteiger partial charge in [-0.1, -0.05) is 18.7 Å². The molecule has 1 aliphatic rings. The molecule has 0 amide bonds. The van der Waals surface area contributed by atoms with E-state index in [0.29, 0.717) is 11.3 Å². The maximum atomic E-state index is 13.5. The number of piperazine rings is 1. The van der Waals surface area contributed by atoms with Crippen molar-refractivity contribution in [2.45, 2.75) is 32.0 Å². The van der Waals surface area contributed by atoms with E-state index in [1.165, 1.54) is 12.1 Å². The summed E-state index contributed by atoms with van der Waals surface area (Å²) in [4.78, 5) is 25.5. The molecule has 0 spiro atoms. The maximum absolute atomic E-state index is 13.5.